The lowest BCUT2D eigenvalue weighted by molar-refractivity contribution is -0.142. The Balaban J connectivity index is 2.29. The summed E-state index contributed by atoms with van der Waals surface area (Å²) in [6.45, 7) is 0. The fourth-order valence-corrected chi connectivity index (χ4v) is 2.33. The molecule has 0 aromatic heterocycles. The van der Waals surface area contributed by atoms with Crippen LogP contribution in [0, 0.1) is 0 Å². The van der Waals surface area contributed by atoms with Crippen LogP contribution < -0.4 is 5.32 Å². The number of methoxy groups -OCH3 is 1. The monoisotopic (exact) mass is 223 g/mol. The molecular formula is C10H9NO3S. The Morgan fingerprint density at radius 1 is 1.47 bits per heavy atom. The van der Waals surface area contributed by atoms with E-state index in [0.29, 0.717) is 0 Å². The van der Waals surface area contributed by atoms with Crippen LogP contribution in [0.25, 0.3) is 0 Å². The van der Waals surface area contributed by atoms with E-state index < -0.39 is 11.2 Å². The molecule has 1 aliphatic rings. The van der Waals surface area contributed by atoms with Crippen molar-refractivity contribution in [3.05, 3.63) is 24.3 Å². The van der Waals surface area contributed by atoms with Gasteiger partial charge in [-0.15, -0.1) is 0 Å². The van der Waals surface area contributed by atoms with Gasteiger partial charge in [-0.2, -0.15) is 0 Å². The third kappa shape index (κ3) is 1.83. The van der Waals surface area contributed by atoms with Crippen molar-refractivity contribution in [1.82, 2.24) is 0 Å². The van der Waals surface area contributed by atoms with Crippen LogP contribution in [0.3, 0.4) is 0 Å². The molecule has 0 bridgehead atoms. The zero-order chi connectivity index (χ0) is 10.8. The second-order valence-electron chi connectivity index (χ2n) is 3.01. The Bertz CT molecular complexity index is 419. The summed E-state index contributed by atoms with van der Waals surface area (Å²) in [4.78, 5) is 23.7. The van der Waals surface area contributed by atoms with Gasteiger partial charge in [0.25, 0.3) is 0 Å². The third-order valence-corrected chi connectivity index (χ3v) is 3.30. The van der Waals surface area contributed by atoms with Gasteiger partial charge >= 0.3 is 5.97 Å². The first kappa shape index (κ1) is 10.0. The van der Waals surface area contributed by atoms with Crippen LogP contribution in [0.1, 0.15) is 0 Å². The normalized spacial score (nSPS) is 19.0. The molecule has 1 aliphatic heterocycles. The summed E-state index contributed by atoms with van der Waals surface area (Å²) >= 11 is 1.21. The standard InChI is InChI=1S/C10H9NO3S/c1-14-10(13)8-9(12)11-6-4-2-3-5-7(6)15-8/h2-5,8H,1H3,(H,11,12). The van der Waals surface area contributed by atoms with E-state index in [0.717, 1.165) is 10.6 Å². The zero-order valence-corrected chi connectivity index (χ0v) is 8.84. The van der Waals surface area contributed by atoms with E-state index in [9.17, 15) is 9.59 Å². The van der Waals surface area contributed by atoms with E-state index in [4.69, 9.17) is 0 Å². The molecule has 0 saturated carbocycles. The van der Waals surface area contributed by atoms with Crippen LogP contribution >= 0.6 is 11.8 Å². The molecule has 1 aromatic carbocycles. The number of rotatable bonds is 1. The van der Waals surface area contributed by atoms with Gasteiger partial charge in [0.15, 0.2) is 5.25 Å². The van der Waals surface area contributed by atoms with Gasteiger partial charge in [0.05, 0.1) is 12.8 Å². The maximum atomic E-state index is 11.5. The largest absolute Gasteiger partial charge is 0.468 e. The Morgan fingerprint density at radius 2 is 2.20 bits per heavy atom. The third-order valence-electron chi connectivity index (χ3n) is 2.04. The first-order valence-electron chi connectivity index (χ1n) is 4.37. The maximum Gasteiger partial charge on any atom is 0.328 e. The first-order valence-corrected chi connectivity index (χ1v) is 5.24. The maximum absolute atomic E-state index is 11.5. The molecule has 0 aliphatic carbocycles. The molecule has 5 heteroatoms. The highest BCUT2D eigenvalue weighted by Crippen LogP contribution is 2.35. The van der Waals surface area contributed by atoms with Crippen LogP contribution in [0.15, 0.2) is 29.2 Å². The van der Waals surface area contributed by atoms with Gasteiger partial charge in [-0.25, -0.2) is 0 Å². The van der Waals surface area contributed by atoms with Crippen molar-refractivity contribution < 1.29 is 14.3 Å². The number of anilines is 1. The van der Waals surface area contributed by atoms with Crippen LogP contribution in [-0.2, 0) is 14.3 Å². The van der Waals surface area contributed by atoms with Crippen LogP contribution in [-0.4, -0.2) is 24.2 Å². The second kappa shape index (κ2) is 3.94. The van der Waals surface area contributed by atoms with Gasteiger partial charge in [-0.05, 0) is 12.1 Å². The number of para-hydroxylation sites is 1. The number of nitrogens with one attached hydrogen (secondary N) is 1. The molecule has 1 atom stereocenters. The number of esters is 1. The minimum absolute atomic E-state index is 0.328. The highest BCUT2D eigenvalue weighted by molar-refractivity contribution is 8.01. The second-order valence-corrected chi connectivity index (χ2v) is 4.15. The summed E-state index contributed by atoms with van der Waals surface area (Å²) in [5.74, 6) is -0.849. The number of carbonyl (C=O) groups excluding carboxylic acids is 2. The molecule has 1 amide bonds. The number of hydrogen-bond donors (Lipinski definition) is 1. The quantitative estimate of drug-likeness (QED) is 0.575. The number of benzene rings is 1. The first-order chi connectivity index (χ1) is 7.22. The highest BCUT2D eigenvalue weighted by atomic mass is 32.2. The summed E-state index contributed by atoms with van der Waals surface area (Å²) in [5.41, 5.74) is 0.743. The molecule has 0 radical (unpaired) electrons. The van der Waals surface area contributed by atoms with Crippen LogP contribution in [0.5, 0.6) is 0 Å². The lowest BCUT2D eigenvalue weighted by Crippen LogP contribution is -2.35. The highest BCUT2D eigenvalue weighted by Gasteiger charge is 2.33. The number of thioether (sulfide) groups is 1. The van der Waals surface area contributed by atoms with Gasteiger partial charge in [-0.1, -0.05) is 23.9 Å². The minimum atomic E-state index is -0.801. The summed E-state index contributed by atoms with van der Waals surface area (Å²) in [6, 6.07) is 7.35. The molecule has 1 unspecified atom stereocenters. The number of amides is 1. The molecular weight excluding hydrogens is 214 g/mol. The molecule has 78 valence electrons. The van der Waals surface area contributed by atoms with Crippen molar-refractivity contribution in [2.24, 2.45) is 0 Å². The summed E-state index contributed by atoms with van der Waals surface area (Å²) in [5, 5.41) is 1.86. The van der Waals surface area contributed by atoms with Crippen LogP contribution in [0.2, 0.25) is 0 Å². The lowest BCUT2D eigenvalue weighted by atomic mass is 10.3. The van der Waals surface area contributed by atoms with Crippen LogP contribution in [0.4, 0.5) is 5.69 Å². The van der Waals surface area contributed by atoms with E-state index in [-0.39, 0.29) is 5.91 Å². The zero-order valence-electron chi connectivity index (χ0n) is 8.02. The Hall–Kier alpha value is -1.49. The van der Waals surface area contributed by atoms with Crippen molar-refractivity contribution in [3.63, 3.8) is 0 Å². The van der Waals surface area contributed by atoms with Crippen molar-refractivity contribution >= 4 is 29.3 Å². The number of hydrogen-bond acceptors (Lipinski definition) is 4. The van der Waals surface area contributed by atoms with Gasteiger partial charge in [0, 0.05) is 4.90 Å². The van der Waals surface area contributed by atoms with Crippen molar-refractivity contribution in [2.45, 2.75) is 10.1 Å². The van der Waals surface area contributed by atoms with E-state index in [1.54, 1.807) is 6.07 Å². The molecule has 0 spiro atoms. The van der Waals surface area contributed by atoms with E-state index in [1.165, 1.54) is 18.9 Å². The molecule has 2 rings (SSSR count). The predicted molar refractivity (Wildman–Crippen MR) is 56.7 cm³/mol. The van der Waals surface area contributed by atoms with Gasteiger partial charge in [0.1, 0.15) is 0 Å². The fourth-order valence-electron chi connectivity index (χ4n) is 1.31. The topological polar surface area (TPSA) is 55.4 Å². The Labute approximate surface area is 91.0 Å². The molecule has 15 heavy (non-hydrogen) atoms. The molecule has 4 nitrogen and oxygen atoms in total. The number of ether oxygens (including phenoxy) is 1. The number of carbonyl (C=O) groups is 2. The summed E-state index contributed by atoms with van der Waals surface area (Å²) in [6.07, 6.45) is 0. The van der Waals surface area contributed by atoms with E-state index >= 15 is 0 Å². The van der Waals surface area contributed by atoms with Gasteiger partial charge < -0.3 is 10.1 Å². The smallest absolute Gasteiger partial charge is 0.328 e. The summed E-state index contributed by atoms with van der Waals surface area (Å²) < 4.78 is 4.55. The van der Waals surface area contributed by atoms with E-state index in [1.807, 2.05) is 18.2 Å². The Morgan fingerprint density at radius 3 is 2.93 bits per heavy atom. The molecule has 1 heterocycles. The average molecular weight is 223 g/mol. The SMILES string of the molecule is COC(=O)C1Sc2ccccc2NC1=O. The lowest BCUT2D eigenvalue weighted by Gasteiger charge is -2.21. The van der Waals surface area contributed by atoms with Crippen molar-refractivity contribution in [2.75, 3.05) is 12.4 Å². The molecule has 1 N–H and O–H groups in total. The number of fused-ring (bicyclic) bond motifs is 1. The average Bonchev–Trinajstić information content (AvgIpc) is 2.27. The molecule has 0 saturated heterocycles. The van der Waals surface area contributed by atoms with Crippen molar-refractivity contribution in [1.29, 1.82) is 0 Å². The predicted octanol–water partition coefficient (Wildman–Crippen LogP) is 1.27. The fraction of sp³-hybridized carbons (Fsp3) is 0.200. The van der Waals surface area contributed by atoms with Gasteiger partial charge in [-0.3, -0.25) is 9.59 Å². The Kier molecular flexibility index (Phi) is 2.64. The minimum Gasteiger partial charge on any atom is -0.468 e. The molecule has 1 aromatic rings. The summed E-state index contributed by atoms with van der Waals surface area (Å²) in [7, 11) is 1.27. The molecule has 0 fully saturated rings. The van der Waals surface area contributed by atoms with Gasteiger partial charge in [0.2, 0.25) is 5.91 Å². The van der Waals surface area contributed by atoms with Crippen molar-refractivity contribution in [3.8, 4) is 0 Å². The van der Waals surface area contributed by atoms with E-state index in [2.05, 4.69) is 10.1 Å².